The number of aromatic nitrogens is 5. The molecule has 0 saturated heterocycles. The third-order valence-electron chi connectivity index (χ3n) is 4.22. The predicted octanol–water partition coefficient (Wildman–Crippen LogP) is 3.70. The van der Waals surface area contributed by atoms with Crippen LogP contribution in [0.4, 0.5) is 10.3 Å². The van der Waals surface area contributed by atoms with Crippen LogP contribution in [0.2, 0.25) is 0 Å². The lowest BCUT2D eigenvalue weighted by molar-refractivity contribution is 0.628. The Morgan fingerprint density at radius 1 is 0.963 bits per heavy atom. The van der Waals surface area contributed by atoms with Gasteiger partial charge in [0.25, 0.3) is 0 Å². The van der Waals surface area contributed by atoms with Crippen LogP contribution in [-0.4, -0.2) is 32.2 Å². The van der Waals surface area contributed by atoms with E-state index < -0.39 is 0 Å². The maximum atomic E-state index is 13.2. The summed E-state index contributed by atoms with van der Waals surface area (Å²) in [5, 5.41) is 7.13. The van der Waals surface area contributed by atoms with Gasteiger partial charge >= 0.3 is 0 Å². The lowest BCUT2D eigenvalue weighted by Crippen LogP contribution is -2.19. The van der Waals surface area contributed by atoms with E-state index >= 15 is 0 Å². The molecule has 0 unspecified atom stereocenters. The van der Waals surface area contributed by atoms with Crippen molar-refractivity contribution in [1.29, 1.82) is 0 Å². The lowest BCUT2D eigenvalue weighted by atomic mass is 10.1. The van der Waals surface area contributed by atoms with Gasteiger partial charge in [0, 0.05) is 48.9 Å². The van der Waals surface area contributed by atoms with Crippen LogP contribution >= 0.6 is 0 Å². The molecule has 0 atom stereocenters. The molecule has 0 spiro atoms. The summed E-state index contributed by atoms with van der Waals surface area (Å²) < 4.78 is 13.2. The van der Waals surface area contributed by atoms with Crippen molar-refractivity contribution in [3.05, 3.63) is 78.6 Å². The van der Waals surface area contributed by atoms with Crippen molar-refractivity contribution in [1.82, 2.24) is 25.1 Å². The molecule has 4 rings (SSSR count). The van der Waals surface area contributed by atoms with Gasteiger partial charge in [0.05, 0.1) is 17.6 Å². The molecule has 1 N–H and O–H groups in total. The van der Waals surface area contributed by atoms with Crippen LogP contribution in [0.15, 0.2) is 67.3 Å². The first-order chi connectivity index (χ1) is 13.2. The highest BCUT2D eigenvalue weighted by Crippen LogP contribution is 2.24. The summed E-state index contributed by atoms with van der Waals surface area (Å²) in [5.74, 6) is 0.342. The van der Waals surface area contributed by atoms with Gasteiger partial charge in [-0.15, -0.1) is 0 Å². The monoisotopic (exact) mass is 360 g/mol. The Kier molecular flexibility index (Phi) is 4.57. The minimum atomic E-state index is -0.265. The molecule has 1 aromatic carbocycles. The van der Waals surface area contributed by atoms with Gasteiger partial charge in [-0.05, 0) is 42.5 Å². The Labute approximate surface area is 155 Å². The van der Waals surface area contributed by atoms with Crippen molar-refractivity contribution in [3.63, 3.8) is 0 Å². The van der Waals surface area contributed by atoms with Gasteiger partial charge in [-0.3, -0.25) is 10.1 Å². The van der Waals surface area contributed by atoms with Crippen LogP contribution in [0.25, 0.3) is 22.5 Å². The number of hydrogen-bond acceptors (Lipinski definition) is 5. The molecule has 0 fully saturated rings. The molecule has 0 aliphatic carbocycles. The van der Waals surface area contributed by atoms with E-state index in [-0.39, 0.29) is 5.82 Å². The number of nitrogens with zero attached hydrogens (tertiary/aromatic N) is 5. The molecule has 0 saturated carbocycles. The molecular formula is C20H17FN6. The molecule has 4 aromatic rings. The number of nitrogens with one attached hydrogen (secondary N) is 1. The number of pyridine rings is 1. The summed E-state index contributed by atoms with van der Waals surface area (Å²) >= 11 is 0. The minimum absolute atomic E-state index is 0.265. The average Bonchev–Trinajstić information content (AvgIpc) is 3.17. The van der Waals surface area contributed by atoms with Crippen molar-refractivity contribution in [2.45, 2.75) is 6.54 Å². The van der Waals surface area contributed by atoms with E-state index in [9.17, 15) is 4.39 Å². The molecule has 3 aromatic heterocycles. The van der Waals surface area contributed by atoms with E-state index in [1.54, 1.807) is 36.9 Å². The molecule has 7 heteroatoms. The fraction of sp³-hybridized carbons (Fsp3) is 0.100. The van der Waals surface area contributed by atoms with E-state index in [1.165, 1.54) is 12.1 Å². The number of anilines is 1. The topological polar surface area (TPSA) is 70.6 Å². The number of aromatic amines is 1. The molecular weight excluding hydrogens is 343 g/mol. The second kappa shape index (κ2) is 7.33. The van der Waals surface area contributed by atoms with Crippen molar-refractivity contribution in [3.8, 4) is 22.5 Å². The Bertz CT molecular complexity index is 1030. The number of H-pyrrole nitrogens is 1. The molecule has 0 bridgehead atoms. The Morgan fingerprint density at radius 3 is 2.52 bits per heavy atom. The van der Waals surface area contributed by atoms with E-state index in [4.69, 9.17) is 0 Å². The van der Waals surface area contributed by atoms with Crippen LogP contribution in [0.1, 0.15) is 5.56 Å². The van der Waals surface area contributed by atoms with E-state index in [0.717, 1.165) is 28.1 Å². The average molecular weight is 360 g/mol. The zero-order valence-corrected chi connectivity index (χ0v) is 14.7. The molecule has 134 valence electrons. The lowest BCUT2D eigenvalue weighted by Gasteiger charge is -2.17. The van der Waals surface area contributed by atoms with Crippen molar-refractivity contribution in [2.24, 2.45) is 0 Å². The first kappa shape index (κ1) is 16.8. The van der Waals surface area contributed by atoms with Crippen LogP contribution in [-0.2, 0) is 6.54 Å². The molecule has 0 aliphatic heterocycles. The quantitative estimate of drug-likeness (QED) is 0.588. The smallest absolute Gasteiger partial charge is 0.225 e. The number of benzene rings is 1. The summed E-state index contributed by atoms with van der Waals surface area (Å²) in [7, 11) is 1.92. The molecule has 3 heterocycles. The van der Waals surface area contributed by atoms with Gasteiger partial charge in [0.2, 0.25) is 5.95 Å². The zero-order valence-electron chi connectivity index (χ0n) is 14.7. The van der Waals surface area contributed by atoms with Gasteiger partial charge < -0.3 is 4.90 Å². The van der Waals surface area contributed by atoms with Crippen LogP contribution in [0.5, 0.6) is 0 Å². The number of hydrogen-bond donors (Lipinski definition) is 1. The first-order valence-electron chi connectivity index (χ1n) is 8.43. The standard InChI is InChI=1S/C20H17FN6/c1-27(20-23-11-8-18(25-20)14-6-9-22-10-7-14)13-16-12-24-26-19(16)15-2-4-17(21)5-3-15/h2-12H,13H2,1H3,(H,24,26). The SMILES string of the molecule is CN(Cc1cn[nH]c1-c1ccc(F)cc1)c1nccc(-c2ccncc2)n1. The van der Waals surface area contributed by atoms with Gasteiger partial charge in [0.1, 0.15) is 5.82 Å². The van der Waals surface area contributed by atoms with Crippen molar-refractivity contribution in [2.75, 3.05) is 11.9 Å². The van der Waals surface area contributed by atoms with Crippen LogP contribution < -0.4 is 4.90 Å². The second-order valence-corrected chi connectivity index (χ2v) is 6.11. The van der Waals surface area contributed by atoms with E-state index in [2.05, 4.69) is 25.1 Å². The molecule has 0 amide bonds. The maximum Gasteiger partial charge on any atom is 0.225 e. The van der Waals surface area contributed by atoms with Gasteiger partial charge in [-0.25, -0.2) is 14.4 Å². The normalized spacial score (nSPS) is 10.7. The van der Waals surface area contributed by atoms with E-state index in [0.29, 0.717) is 12.5 Å². The van der Waals surface area contributed by atoms with Gasteiger partial charge in [0.15, 0.2) is 0 Å². The minimum Gasteiger partial charge on any atom is -0.339 e. The Morgan fingerprint density at radius 2 is 1.74 bits per heavy atom. The predicted molar refractivity (Wildman–Crippen MR) is 101 cm³/mol. The van der Waals surface area contributed by atoms with Gasteiger partial charge in [-0.2, -0.15) is 5.10 Å². The molecule has 6 nitrogen and oxygen atoms in total. The summed E-state index contributed by atoms with van der Waals surface area (Å²) in [6, 6.07) is 12.0. The summed E-state index contributed by atoms with van der Waals surface area (Å²) in [6.07, 6.45) is 6.98. The highest BCUT2D eigenvalue weighted by Gasteiger charge is 2.13. The fourth-order valence-electron chi connectivity index (χ4n) is 2.84. The molecule has 27 heavy (non-hydrogen) atoms. The van der Waals surface area contributed by atoms with Crippen molar-refractivity contribution >= 4 is 5.95 Å². The maximum absolute atomic E-state index is 13.2. The third kappa shape index (κ3) is 3.67. The number of halogens is 1. The first-order valence-corrected chi connectivity index (χ1v) is 8.43. The Balaban J connectivity index is 1.58. The highest BCUT2D eigenvalue weighted by molar-refractivity contribution is 5.63. The van der Waals surface area contributed by atoms with Crippen molar-refractivity contribution < 1.29 is 4.39 Å². The van der Waals surface area contributed by atoms with Gasteiger partial charge in [-0.1, -0.05) is 0 Å². The highest BCUT2D eigenvalue weighted by atomic mass is 19.1. The van der Waals surface area contributed by atoms with Crippen LogP contribution in [0, 0.1) is 5.82 Å². The summed E-state index contributed by atoms with van der Waals surface area (Å²) in [5.41, 5.74) is 4.52. The van der Waals surface area contributed by atoms with Crippen LogP contribution in [0.3, 0.4) is 0 Å². The third-order valence-corrected chi connectivity index (χ3v) is 4.22. The number of rotatable bonds is 5. The Hall–Kier alpha value is -3.61. The summed E-state index contributed by atoms with van der Waals surface area (Å²) in [6.45, 7) is 0.559. The van der Waals surface area contributed by atoms with E-state index in [1.807, 2.05) is 30.1 Å². The largest absolute Gasteiger partial charge is 0.339 e. The molecule has 0 aliphatic rings. The second-order valence-electron chi connectivity index (χ2n) is 6.11. The fourth-order valence-corrected chi connectivity index (χ4v) is 2.84. The summed E-state index contributed by atoms with van der Waals surface area (Å²) in [4.78, 5) is 15.0. The molecule has 0 radical (unpaired) electrons. The zero-order chi connectivity index (χ0) is 18.6.